The van der Waals surface area contributed by atoms with E-state index in [1.807, 2.05) is 19.6 Å². The first-order valence-electron chi connectivity index (χ1n) is 3.35. The number of primary amides is 2. The molecule has 11 heavy (non-hydrogen) atoms. The van der Waals surface area contributed by atoms with E-state index < -0.39 is 25.4 Å². The third kappa shape index (κ3) is 2.71. The molecular formula is C6H14N2O2Si. The maximum absolute atomic E-state index is 10.7. The quantitative estimate of drug-likeness (QED) is 0.453. The Labute approximate surface area is 66.9 Å². The van der Waals surface area contributed by atoms with Crippen molar-refractivity contribution in [1.82, 2.24) is 0 Å². The van der Waals surface area contributed by atoms with Crippen LogP contribution in [0.1, 0.15) is 0 Å². The molecule has 0 aromatic rings. The second-order valence-electron chi connectivity index (χ2n) is 3.60. The molecular weight excluding hydrogens is 160 g/mol. The van der Waals surface area contributed by atoms with E-state index in [9.17, 15) is 9.59 Å². The Morgan fingerprint density at radius 2 is 1.36 bits per heavy atom. The summed E-state index contributed by atoms with van der Waals surface area (Å²) in [6, 6.07) is 0. The van der Waals surface area contributed by atoms with E-state index in [1.165, 1.54) is 0 Å². The molecule has 0 aromatic heterocycles. The van der Waals surface area contributed by atoms with Crippen LogP contribution in [0, 0.1) is 0 Å². The number of amides is 2. The summed E-state index contributed by atoms with van der Waals surface area (Å²) in [6.07, 6.45) is 0. The summed E-state index contributed by atoms with van der Waals surface area (Å²) >= 11 is 0. The summed E-state index contributed by atoms with van der Waals surface area (Å²) < 4.78 is 0. The van der Waals surface area contributed by atoms with Crippen molar-refractivity contribution in [2.75, 3.05) is 0 Å². The fourth-order valence-electron chi connectivity index (χ4n) is 0.994. The largest absolute Gasteiger partial charge is 0.369 e. The Balaban J connectivity index is 4.63. The van der Waals surface area contributed by atoms with Gasteiger partial charge in [0.05, 0.1) is 8.07 Å². The van der Waals surface area contributed by atoms with Crippen LogP contribution in [0.15, 0.2) is 0 Å². The van der Waals surface area contributed by atoms with Gasteiger partial charge in [0.1, 0.15) is 5.54 Å². The summed E-state index contributed by atoms with van der Waals surface area (Å²) in [7, 11) is -1.86. The summed E-state index contributed by atoms with van der Waals surface area (Å²) in [6.45, 7) is 5.65. The molecule has 0 saturated heterocycles. The minimum Gasteiger partial charge on any atom is -0.369 e. The van der Waals surface area contributed by atoms with Crippen LogP contribution in [0.25, 0.3) is 0 Å². The molecule has 64 valence electrons. The smallest absolute Gasteiger partial charge is 0.227 e. The van der Waals surface area contributed by atoms with Crippen LogP contribution in [0.3, 0.4) is 0 Å². The van der Waals surface area contributed by atoms with Crippen LogP contribution in [-0.2, 0) is 9.59 Å². The fourth-order valence-corrected chi connectivity index (χ4v) is 2.70. The van der Waals surface area contributed by atoms with Gasteiger partial charge < -0.3 is 11.5 Å². The predicted octanol–water partition coefficient (Wildman–Crippen LogP) is -0.335. The topological polar surface area (TPSA) is 86.2 Å². The molecule has 0 heterocycles. The normalized spacial score (nSPS) is 11.6. The summed E-state index contributed by atoms with van der Waals surface area (Å²) in [5, 5.41) is 0. The Bertz CT molecular complexity index is 172. The van der Waals surface area contributed by atoms with E-state index >= 15 is 0 Å². The number of carbonyl (C=O) groups is 2. The van der Waals surface area contributed by atoms with Crippen LogP contribution in [0.5, 0.6) is 0 Å². The van der Waals surface area contributed by atoms with Gasteiger partial charge in [-0.05, 0) is 0 Å². The average molecular weight is 174 g/mol. The molecule has 5 heteroatoms. The number of carbonyl (C=O) groups excluding carboxylic acids is 2. The van der Waals surface area contributed by atoms with E-state index in [1.54, 1.807) is 0 Å². The minimum absolute atomic E-state index is 0.600. The van der Waals surface area contributed by atoms with Gasteiger partial charge in [-0.25, -0.2) is 0 Å². The first kappa shape index (κ1) is 10.2. The van der Waals surface area contributed by atoms with Gasteiger partial charge in [-0.15, -0.1) is 0 Å². The Morgan fingerprint density at radius 1 is 1.09 bits per heavy atom. The van der Waals surface area contributed by atoms with Crippen LogP contribution in [0.2, 0.25) is 25.2 Å². The molecule has 0 aliphatic carbocycles. The number of rotatable bonds is 3. The monoisotopic (exact) mass is 174 g/mol. The molecule has 0 aliphatic rings. The highest BCUT2D eigenvalue weighted by Gasteiger charge is 2.35. The maximum Gasteiger partial charge on any atom is 0.227 e. The molecule has 0 atom stereocenters. The van der Waals surface area contributed by atoms with E-state index in [4.69, 9.17) is 11.5 Å². The van der Waals surface area contributed by atoms with E-state index in [0.717, 1.165) is 0 Å². The van der Waals surface area contributed by atoms with Crippen molar-refractivity contribution >= 4 is 19.9 Å². The molecule has 4 nitrogen and oxygen atoms in total. The third-order valence-electron chi connectivity index (χ3n) is 1.44. The van der Waals surface area contributed by atoms with Gasteiger partial charge >= 0.3 is 0 Å². The second kappa shape index (κ2) is 3.04. The zero-order valence-corrected chi connectivity index (χ0v) is 8.05. The average Bonchev–Trinajstić information content (AvgIpc) is 1.54. The number of hydrogen-bond acceptors (Lipinski definition) is 2. The van der Waals surface area contributed by atoms with Crippen molar-refractivity contribution in [3.8, 4) is 0 Å². The van der Waals surface area contributed by atoms with Crippen LogP contribution < -0.4 is 11.5 Å². The third-order valence-corrected chi connectivity index (χ3v) is 3.74. The first-order valence-corrected chi connectivity index (χ1v) is 6.93. The second-order valence-corrected chi connectivity index (χ2v) is 8.91. The lowest BCUT2D eigenvalue weighted by atomic mass is 10.4. The highest BCUT2D eigenvalue weighted by atomic mass is 28.3. The first-order chi connectivity index (χ1) is 4.76. The van der Waals surface area contributed by atoms with Crippen molar-refractivity contribution in [1.29, 1.82) is 0 Å². The van der Waals surface area contributed by atoms with Gasteiger partial charge in [-0.2, -0.15) is 0 Å². The Morgan fingerprint density at radius 3 is 1.36 bits per heavy atom. The van der Waals surface area contributed by atoms with Crippen molar-refractivity contribution in [2.45, 2.75) is 25.2 Å². The molecule has 0 aromatic carbocycles. The SMILES string of the molecule is C[Si](C)(C)C(C(N)=O)C(N)=O. The van der Waals surface area contributed by atoms with Gasteiger partial charge in [-0.1, -0.05) is 19.6 Å². The van der Waals surface area contributed by atoms with Gasteiger partial charge in [0.15, 0.2) is 0 Å². The lowest BCUT2D eigenvalue weighted by molar-refractivity contribution is -0.125. The van der Waals surface area contributed by atoms with Gasteiger partial charge in [0.25, 0.3) is 0 Å². The van der Waals surface area contributed by atoms with Crippen LogP contribution in [0.4, 0.5) is 0 Å². The Kier molecular flexibility index (Phi) is 2.81. The van der Waals surface area contributed by atoms with Crippen molar-refractivity contribution < 1.29 is 9.59 Å². The van der Waals surface area contributed by atoms with Gasteiger partial charge in [0, 0.05) is 0 Å². The Hall–Kier alpha value is -0.843. The van der Waals surface area contributed by atoms with Crippen molar-refractivity contribution in [3.63, 3.8) is 0 Å². The maximum atomic E-state index is 10.7. The summed E-state index contributed by atoms with van der Waals surface area (Å²) in [5.41, 5.74) is 9.29. The van der Waals surface area contributed by atoms with E-state index in [2.05, 4.69) is 0 Å². The van der Waals surface area contributed by atoms with Gasteiger partial charge in [-0.3, -0.25) is 9.59 Å². The number of hydrogen-bond donors (Lipinski definition) is 2. The summed E-state index contributed by atoms with van der Waals surface area (Å²) in [4.78, 5) is 21.5. The van der Waals surface area contributed by atoms with Gasteiger partial charge in [0.2, 0.25) is 11.8 Å². The zero-order chi connectivity index (χ0) is 9.23. The molecule has 4 N–H and O–H groups in total. The molecule has 0 fully saturated rings. The highest BCUT2D eigenvalue weighted by molar-refractivity contribution is 6.83. The molecule has 0 radical (unpaired) electrons. The van der Waals surface area contributed by atoms with Crippen molar-refractivity contribution in [2.24, 2.45) is 11.5 Å². The molecule has 0 aliphatic heterocycles. The van der Waals surface area contributed by atoms with E-state index in [0.29, 0.717) is 0 Å². The summed E-state index contributed by atoms with van der Waals surface area (Å²) in [5.74, 6) is -1.20. The zero-order valence-electron chi connectivity index (χ0n) is 7.05. The predicted molar refractivity (Wildman–Crippen MR) is 45.5 cm³/mol. The minimum atomic E-state index is -1.86. The lowest BCUT2D eigenvalue weighted by Crippen LogP contribution is -2.45. The van der Waals surface area contributed by atoms with Crippen molar-refractivity contribution in [3.05, 3.63) is 0 Å². The molecule has 0 unspecified atom stereocenters. The molecule has 2 amide bonds. The van der Waals surface area contributed by atoms with E-state index in [-0.39, 0.29) is 0 Å². The molecule has 0 saturated carbocycles. The standard InChI is InChI=1S/C6H14N2O2Si/c1-11(2,3)4(5(7)9)6(8)10/h4H,1-3H3,(H2,7,9)(H2,8,10). The number of nitrogens with two attached hydrogens (primary N) is 2. The van der Waals surface area contributed by atoms with Crippen LogP contribution >= 0.6 is 0 Å². The lowest BCUT2D eigenvalue weighted by Gasteiger charge is -2.22. The molecule has 0 rings (SSSR count). The van der Waals surface area contributed by atoms with Crippen LogP contribution in [-0.4, -0.2) is 19.9 Å². The molecule has 0 bridgehead atoms. The molecule has 0 spiro atoms. The highest BCUT2D eigenvalue weighted by Crippen LogP contribution is 2.20. The fraction of sp³-hybridized carbons (Fsp3) is 0.667.